The van der Waals surface area contributed by atoms with Crippen LogP contribution in [0.4, 0.5) is 8.78 Å². The highest BCUT2D eigenvalue weighted by Crippen LogP contribution is 2.25. The van der Waals surface area contributed by atoms with Crippen LogP contribution in [0.25, 0.3) is 0 Å². The number of nitrogens with one attached hydrogen (secondary N) is 1. The highest BCUT2D eigenvalue weighted by molar-refractivity contribution is 5.19. The SMILES string of the molecule is CCC1(C)CN(Cc2ccc(F)cc2F)C(C(C)C)CN1. The largest absolute Gasteiger partial charge is 0.309 e. The lowest BCUT2D eigenvalue weighted by Crippen LogP contribution is -2.63. The summed E-state index contributed by atoms with van der Waals surface area (Å²) in [6.07, 6.45) is 1.03. The Morgan fingerprint density at radius 1 is 1.38 bits per heavy atom. The smallest absolute Gasteiger partial charge is 0.130 e. The van der Waals surface area contributed by atoms with Gasteiger partial charge in [0.1, 0.15) is 11.6 Å². The van der Waals surface area contributed by atoms with Crippen LogP contribution in [0, 0.1) is 17.6 Å². The quantitative estimate of drug-likeness (QED) is 0.914. The molecule has 1 fully saturated rings. The van der Waals surface area contributed by atoms with Gasteiger partial charge in [-0.15, -0.1) is 0 Å². The molecule has 2 unspecified atom stereocenters. The second-order valence-corrected chi connectivity index (χ2v) is 6.75. The highest BCUT2D eigenvalue weighted by Gasteiger charge is 2.35. The second-order valence-electron chi connectivity index (χ2n) is 6.75. The maximum atomic E-state index is 13.9. The monoisotopic (exact) mass is 296 g/mol. The van der Waals surface area contributed by atoms with Crippen molar-refractivity contribution >= 4 is 0 Å². The number of hydrogen-bond acceptors (Lipinski definition) is 2. The summed E-state index contributed by atoms with van der Waals surface area (Å²) >= 11 is 0. The Morgan fingerprint density at radius 3 is 2.67 bits per heavy atom. The molecule has 1 N–H and O–H groups in total. The van der Waals surface area contributed by atoms with Gasteiger partial charge < -0.3 is 5.32 Å². The van der Waals surface area contributed by atoms with Crippen molar-refractivity contribution in [2.24, 2.45) is 5.92 Å². The van der Waals surface area contributed by atoms with Crippen molar-refractivity contribution in [3.8, 4) is 0 Å². The average Bonchev–Trinajstić information content (AvgIpc) is 2.42. The van der Waals surface area contributed by atoms with Crippen LogP contribution in [0.1, 0.15) is 39.7 Å². The Hall–Kier alpha value is -1.00. The van der Waals surface area contributed by atoms with E-state index in [9.17, 15) is 8.78 Å². The number of piperazine rings is 1. The first-order valence-electron chi connectivity index (χ1n) is 7.77. The molecule has 1 aromatic carbocycles. The van der Waals surface area contributed by atoms with E-state index < -0.39 is 11.6 Å². The van der Waals surface area contributed by atoms with Gasteiger partial charge >= 0.3 is 0 Å². The minimum Gasteiger partial charge on any atom is -0.309 e. The summed E-state index contributed by atoms with van der Waals surface area (Å²) < 4.78 is 27.0. The van der Waals surface area contributed by atoms with Crippen LogP contribution in [0.15, 0.2) is 18.2 Å². The molecule has 0 aliphatic carbocycles. The van der Waals surface area contributed by atoms with E-state index in [0.29, 0.717) is 24.1 Å². The van der Waals surface area contributed by atoms with Crippen LogP contribution >= 0.6 is 0 Å². The first-order valence-corrected chi connectivity index (χ1v) is 7.77. The molecule has 0 aromatic heterocycles. The van der Waals surface area contributed by atoms with Gasteiger partial charge in [0.25, 0.3) is 0 Å². The average molecular weight is 296 g/mol. The molecule has 4 heteroatoms. The third-order valence-electron chi connectivity index (χ3n) is 4.70. The summed E-state index contributed by atoms with van der Waals surface area (Å²) in [6.45, 7) is 11.1. The maximum Gasteiger partial charge on any atom is 0.130 e. The molecule has 1 aliphatic rings. The van der Waals surface area contributed by atoms with Crippen LogP contribution in [0.3, 0.4) is 0 Å². The van der Waals surface area contributed by atoms with Gasteiger partial charge in [0.15, 0.2) is 0 Å². The third kappa shape index (κ3) is 3.80. The van der Waals surface area contributed by atoms with Gasteiger partial charge in [0.2, 0.25) is 0 Å². The van der Waals surface area contributed by atoms with Crippen molar-refractivity contribution in [3.63, 3.8) is 0 Å². The van der Waals surface area contributed by atoms with Crippen molar-refractivity contribution in [3.05, 3.63) is 35.4 Å². The van der Waals surface area contributed by atoms with Crippen molar-refractivity contribution in [2.45, 2.75) is 52.2 Å². The molecule has 0 amide bonds. The minimum atomic E-state index is -0.518. The third-order valence-corrected chi connectivity index (χ3v) is 4.70. The molecule has 21 heavy (non-hydrogen) atoms. The molecule has 0 spiro atoms. The normalized spacial score (nSPS) is 27.3. The van der Waals surface area contributed by atoms with Gasteiger partial charge in [0.05, 0.1) is 0 Å². The van der Waals surface area contributed by atoms with E-state index in [1.807, 2.05) is 0 Å². The predicted octanol–water partition coefficient (Wildman–Crippen LogP) is 3.56. The molecule has 0 saturated carbocycles. The van der Waals surface area contributed by atoms with Gasteiger partial charge in [-0.1, -0.05) is 26.8 Å². The zero-order valence-corrected chi connectivity index (χ0v) is 13.4. The van der Waals surface area contributed by atoms with Crippen molar-refractivity contribution in [2.75, 3.05) is 13.1 Å². The Kier molecular flexibility index (Phi) is 4.99. The fourth-order valence-corrected chi connectivity index (χ4v) is 3.04. The summed E-state index contributed by atoms with van der Waals surface area (Å²) in [5.74, 6) is -0.480. The van der Waals surface area contributed by atoms with E-state index in [2.05, 4.69) is 37.9 Å². The summed E-state index contributed by atoms with van der Waals surface area (Å²) in [6, 6.07) is 4.24. The summed E-state index contributed by atoms with van der Waals surface area (Å²) in [7, 11) is 0. The van der Waals surface area contributed by atoms with Gasteiger partial charge in [-0.2, -0.15) is 0 Å². The molecule has 0 radical (unpaired) electrons. The Bertz CT molecular complexity index is 490. The molecule has 1 saturated heterocycles. The van der Waals surface area contributed by atoms with Crippen LogP contribution < -0.4 is 5.32 Å². The van der Waals surface area contributed by atoms with Crippen molar-refractivity contribution < 1.29 is 8.78 Å². The summed E-state index contributed by atoms with van der Waals surface area (Å²) in [5, 5.41) is 3.62. The lowest BCUT2D eigenvalue weighted by atomic mass is 9.89. The Morgan fingerprint density at radius 2 is 2.10 bits per heavy atom. The molecule has 1 aromatic rings. The van der Waals surface area contributed by atoms with Crippen LogP contribution in [0.5, 0.6) is 0 Å². The lowest BCUT2D eigenvalue weighted by molar-refractivity contribution is 0.0530. The molecule has 2 nitrogen and oxygen atoms in total. The molecule has 2 rings (SSSR count). The van der Waals surface area contributed by atoms with Crippen LogP contribution in [-0.2, 0) is 6.54 Å². The van der Waals surface area contributed by atoms with E-state index in [-0.39, 0.29) is 5.54 Å². The molecular weight excluding hydrogens is 270 g/mol. The molecule has 1 heterocycles. The molecule has 0 bridgehead atoms. The summed E-state index contributed by atoms with van der Waals surface area (Å²) in [4.78, 5) is 2.33. The van der Waals surface area contributed by atoms with E-state index in [1.165, 1.54) is 6.07 Å². The number of rotatable bonds is 4. The number of nitrogens with zero attached hydrogens (tertiary/aromatic N) is 1. The highest BCUT2D eigenvalue weighted by atomic mass is 19.1. The van der Waals surface area contributed by atoms with Gasteiger partial charge in [0, 0.05) is 42.8 Å². The Balaban J connectivity index is 2.19. The fraction of sp³-hybridized carbons (Fsp3) is 0.647. The Labute approximate surface area is 126 Å². The fourth-order valence-electron chi connectivity index (χ4n) is 3.04. The van der Waals surface area contributed by atoms with E-state index in [4.69, 9.17) is 0 Å². The molecule has 2 atom stereocenters. The van der Waals surface area contributed by atoms with Crippen LogP contribution in [0.2, 0.25) is 0 Å². The number of hydrogen-bond donors (Lipinski definition) is 1. The number of halogens is 2. The predicted molar refractivity (Wildman–Crippen MR) is 82.1 cm³/mol. The molecule has 1 aliphatic heterocycles. The topological polar surface area (TPSA) is 15.3 Å². The minimum absolute atomic E-state index is 0.0574. The number of benzene rings is 1. The molecular formula is C17H26F2N2. The van der Waals surface area contributed by atoms with Gasteiger partial charge in [-0.05, 0) is 25.3 Å². The van der Waals surface area contributed by atoms with E-state index in [1.54, 1.807) is 6.07 Å². The molecule has 118 valence electrons. The van der Waals surface area contributed by atoms with Crippen LogP contribution in [-0.4, -0.2) is 29.6 Å². The van der Waals surface area contributed by atoms with E-state index in [0.717, 1.165) is 25.6 Å². The van der Waals surface area contributed by atoms with Crippen molar-refractivity contribution in [1.82, 2.24) is 10.2 Å². The van der Waals surface area contributed by atoms with E-state index >= 15 is 0 Å². The second kappa shape index (κ2) is 6.41. The summed E-state index contributed by atoms with van der Waals surface area (Å²) in [5.41, 5.74) is 0.629. The maximum absolute atomic E-state index is 13.9. The zero-order valence-electron chi connectivity index (χ0n) is 13.4. The standard InChI is InChI=1S/C17H26F2N2/c1-5-17(4)11-21(16(9-20-17)12(2)3)10-13-6-7-14(18)8-15(13)19/h6-8,12,16,20H,5,9-11H2,1-4H3. The van der Waals surface area contributed by atoms with Crippen molar-refractivity contribution in [1.29, 1.82) is 0 Å². The first kappa shape index (κ1) is 16.4. The zero-order chi connectivity index (χ0) is 15.6. The first-order chi connectivity index (χ1) is 9.84. The lowest BCUT2D eigenvalue weighted by Gasteiger charge is -2.47. The van der Waals surface area contributed by atoms with Gasteiger partial charge in [-0.25, -0.2) is 8.78 Å². The van der Waals surface area contributed by atoms with Gasteiger partial charge in [-0.3, -0.25) is 4.90 Å².